The lowest BCUT2D eigenvalue weighted by atomic mass is 9.84. The summed E-state index contributed by atoms with van der Waals surface area (Å²) in [7, 11) is -3.08. The van der Waals surface area contributed by atoms with Gasteiger partial charge in [-0.1, -0.05) is 80.4 Å². The zero-order valence-corrected chi connectivity index (χ0v) is 30.3. The van der Waals surface area contributed by atoms with E-state index in [1.165, 1.54) is 6.26 Å². The van der Waals surface area contributed by atoms with Gasteiger partial charge in [0.1, 0.15) is 15.6 Å². The van der Waals surface area contributed by atoms with E-state index in [9.17, 15) is 8.42 Å². The lowest BCUT2D eigenvalue weighted by molar-refractivity contribution is -0.141. The van der Waals surface area contributed by atoms with Crippen molar-refractivity contribution in [2.75, 3.05) is 44.7 Å². The molecule has 3 aromatic carbocycles. The fourth-order valence-corrected chi connectivity index (χ4v) is 7.16. The first-order chi connectivity index (χ1) is 22.1. The van der Waals surface area contributed by atoms with Crippen LogP contribution in [0.15, 0.2) is 66.7 Å². The van der Waals surface area contributed by atoms with Crippen LogP contribution in [0.4, 0.5) is 0 Å². The highest BCUT2D eigenvalue weighted by Gasteiger charge is 2.54. The number of piperazine rings is 1. The molecule has 0 spiro atoms. The number of halogens is 2. The molecular formula is C36H46Cl2N4O4S. The average Bonchev–Trinajstić information content (AvgIpc) is 3.41. The molecule has 8 nitrogen and oxygen atoms in total. The normalized spacial score (nSPS) is 22.5. The fraction of sp³-hybridized carbons (Fsp3) is 0.472. The molecule has 5 rings (SSSR count). The Morgan fingerprint density at radius 1 is 0.894 bits per heavy atom. The third-order valence-electron chi connectivity index (χ3n) is 8.91. The summed E-state index contributed by atoms with van der Waals surface area (Å²) in [4.78, 5) is 19.1. The van der Waals surface area contributed by atoms with Crippen molar-refractivity contribution >= 4 is 38.9 Å². The predicted octanol–water partition coefficient (Wildman–Crippen LogP) is 6.10. The molecule has 0 bridgehead atoms. The largest absolute Gasteiger partial charge is 0.491 e. The van der Waals surface area contributed by atoms with Crippen molar-refractivity contribution < 1.29 is 17.9 Å². The first kappa shape index (κ1) is 35.6. The van der Waals surface area contributed by atoms with Crippen molar-refractivity contribution in [1.82, 2.24) is 20.4 Å². The Labute approximate surface area is 289 Å². The number of sulfone groups is 1. The van der Waals surface area contributed by atoms with Gasteiger partial charge in [-0.15, -0.1) is 0 Å². The maximum absolute atomic E-state index is 15.1. The highest BCUT2D eigenvalue weighted by molar-refractivity contribution is 7.90. The summed E-state index contributed by atoms with van der Waals surface area (Å²) in [6, 6.07) is 20.9. The van der Waals surface area contributed by atoms with E-state index < -0.39 is 15.5 Å². The molecule has 0 aromatic heterocycles. The fourth-order valence-electron chi connectivity index (χ4n) is 6.32. The van der Waals surface area contributed by atoms with Gasteiger partial charge < -0.3 is 9.64 Å². The molecule has 2 N–H and O–H groups in total. The summed E-state index contributed by atoms with van der Waals surface area (Å²) < 4.78 is 30.1. The number of carbonyl (C=O) groups is 1. The first-order valence-corrected chi connectivity index (χ1v) is 18.9. The first-order valence-electron chi connectivity index (χ1n) is 16.1. The van der Waals surface area contributed by atoms with Crippen LogP contribution in [0.25, 0.3) is 0 Å². The Kier molecular flexibility index (Phi) is 10.7. The van der Waals surface area contributed by atoms with Crippen LogP contribution in [0, 0.1) is 0 Å². The number of carbonyl (C=O) groups excluding carboxylic acids is 1. The van der Waals surface area contributed by atoms with Crippen molar-refractivity contribution in [3.63, 3.8) is 0 Å². The summed E-state index contributed by atoms with van der Waals surface area (Å²) >= 11 is 12.6. The van der Waals surface area contributed by atoms with E-state index >= 15 is 4.79 Å². The lowest BCUT2D eigenvalue weighted by Gasteiger charge is -2.41. The summed E-state index contributed by atoms with van der Waals surface area (Å²) in [6.45, 7) is 13.0. The Balaban J connectivity index is 1.62. The molecule has 0 radical (unpaired) electrons. The second-order valence-corrected chi connectivity index (χ2v) is 17.1. The Morgan fingerprint density at radius 2 is 1.40 bits per heavy atom. The maximum Gasteiger partial charge on any atom is 0.262 e. The zero-order valence-electron chi connectivity index (χ0n) is 28.0. The molecular weight excluding hydrogens is 655 g/mol. The van der Waals surface area contributed by atoms with E-state index in [0.29, 0.717) is 54.1 Å². The van der Waals surface area contributed by atoms with E-state index in [1.807, 2.05) is 73.3 Å². The third kappa shape index (κ3) is 8.32. The van der Waals surface area contributed by atoms with E-state index in [-0.39, 0.29) is 35.3 Å². The van der Waals surface area contributed by atoms with Crippen LogP contribution in [0.5, 0.6) is 5.75 Å². The molecule has 254 valence electrons. The number of nitrogens with zero attached hydrogens (tertiary/aromatic N) is 2. The number of amides is 1. The van der Waals surface area contributed by atoms with Gasteiger partial charge in [0.15, 0.2) is 5.66 Å². The molecule has 2 aliphatic heterocycles. The van der Waals surface area contributed by atoms with Gasteiger partial charge in [0.05, 0.1) is 23.9 Å². The minimum atomic E-state index is -3.08. The van der Waals surface area contributed by atoms with Gasteiger partial charge >= 0.3 is 0 Å². The second-order valence-electron chi connectivity index (χ2n) is 14.0. The van der Waals surface area contributed by atoms with E-state index in [2.05, 4.69) is 48.4 Å². The molecule has 1 amide bonds. The molecule has 2 aliphatic rings. The van der Waals surface area contributed by atoms with E-state index in [1.54, 1.807) is 0 Å². The van der Waals surface area contributed by atoms with Crippen molar-refractivity contribution in [3.8, 4) is 5.75 Å². The Morgan fingerprint density at radius 3 is 1.85 bits per heavy atom. The molecule has 47 heavy (non-hydrogen) atoms. The number of nitrogens with one attached hydrogen (secondary N) is 2. The standard InChI is InChI=1S/C36H46Cl2N4O4S/c1-24(2)46-31-23-27(35(3,4)5)11-16-30(31)36(34(43)42-19-17-41(18-20-42)21-22-47(6,44)45)39-32(25-7-12-28(37)13-8-25)33(40-36)26-9-14-29(38)15-10-26/h7-16,23-24,32-33,39-40H,17-22H2,1-6H3/t32-,33+,36?. The number of rotatable bonds is 9. The van der Waals surface area contributed by atoms with Crippen LogP contribution in [-0.4, -0.2) is 75.0 Å². The molecule has 2 fully saturated rings. The van der Waals surface area contributed by atoms with E-state index in [4.69, 9.17) is 27.9 Å². The molecule has 3 aromatic rings. The van der Waals surface area contributed by atoms with Crippen LogP contribution in [0.2, 0.25) is 10.0 Å². The third-order valence-corrected chi connectivity index (χ3v) is 10.3. The number of hydrogen-bond acceptors (Lipinski definition) is 7. The van der Waals surface area contributed by atoms with Gasteiger partial charge in [0, 0.05) is 54.6 Å². The van der Waals surface area contributed by atoms with Crippen LogP contribution >= 0.6 is 23.2 Å². The minimum Gasteiger partial charge on any atom is -0.491 e. The number of benzene rings is 3. The Hall–Kier alpha value is -2.66. The van der Waals surface area contributed by atoms with Crippen LogP contribution in [0.3, 0.4) is 0 Å². The molecule has 11 heteroatoms. The minimum absolute atomic E-state index is 0.0928. The lowest BCUT2D eigenvalue weighted by Crippen LogP contribution is -2.62. The summed E-state index contributed by atoms with van der Waals surface area (Å²) in [5, 5.41) is 8.85. The van der Waals surface area contributed by atoms with Crippen molar-refractivity contribution in [1.29, 1.82) is 0 Å². The quantitative estimate of drug-likeness (QED) is 0.279. The smallest absolute Gasteiger partial charge is 0.262 e. The van der Waals surface area contributed by atoms with Gasteiger partial charge in [0.2, 0.25) is 0 Å². The van der Waals surface area contributed by atoms with Gasteiger partial charge in [-0.3, -0.25) is 20.3 Å². The topological polar surface area (TPSA) is 91.0 Å². The van der Waals surface area contributed by atoms with E-state index in [0.717, 1.165) is 16.7 Å². The highest BCUT2D eigenvalue weighted by Crippen LogP contribution is 2.45. The summed E-state index contributed by atoms with van der Waals surface area (Å²) in [5.74, 6) is 0.613. The predicted molar refractivity (Wildman–Crippen MR) is 190 cm³/mol. The van der Waals surface area contributed by atoms with Crippen molar-refractivity contribution in [2.45, 2.75) is 63.9 Å². The molecule has 1 unspecified atom stereocenters. The molecule has 0 aliphatic carbocycles. The van der Waals surface area contributed by atoms with Crippen LogP contribution in [-0.2, 0) is 25.7 Å². The second kappa shape index (κ2) is 14.1. The van der Waals surface area contributed by atoms with Crippen LogP contribution < -0.4 is 15.4 Å². The number of ether oxygens (including phenoxy) is 1. The molecule has 2 saturated heterocycles. The van der Waals surface area contributed by atoms with Gasteiger partial charge in [-0.2, -0.15) is 0 Å². The summed E-state index contributed by atoms with van der Waals surface area (Å²) in [5.41, 5.74) is 2.25. The molecule has 0 saturated carbocycles. The zero-order chi connectivity index (χ0) is 34.1. The summed E-state index contributed by atoms with van der Waals surface area (Å²) in [6.07, 6.45) is 1.12. The van der Waals surface area contributed by atoms with Crippen LogP contribution in [0.1, 0.15) is 69.0 Å². The van der Waals surface area contributed by atoms with Crippen molar-refractivity contribution in [3.05, 3.63) is 99.0 Å². The van der Waals surface area contributed by atoms with Gasteiger partial charge in [-0.05, 0) is 66.3 Å². The van der Waals surface area contributed by atoms with Crippen molar-refractivity contribution in [2.24, 2.45) is 0 Å². The SMILES string of the molecule is CC(C)Oc1cc(C(C)(C)C)ccc1C1(C(=O)N2CCN(CCS(C)(=O)=O)CC2)N[C@H](c2ccc(Cl)cc2)[C@H](c2ccc(Cl)cc2)N1. The van der Waals surface area contributed by atoms with Gasteiger partial charge in [-0.25, -0.2) is 8.42 Å². The number of hydrogen-bond donors (Lipinski definition) is 2. The average molecular weight is 702 g/mol. The Bertz CT molecular complexity index is 1610. The molecule has 2 heterocycles. The monoisotopic (exact) mass is 700 g/mol. The molecule has 3 atom stereocenters. The maximum atomic E-state index is 15.1. The van der Waals surface area contributed by atoms with Gasteiger partial charge in [0.25, 0.3) is 5.91 Å². The highest BCUT2D eigenvalue weighted by atomic mass is 35.5.